The molecule has 0 saturated heterocycles. The number of nitrogens with zero attached hydrogens (tertiary/aromatic N) is 4. The van der Waals surface area contributed by atoms with Crippen LogP contribution in [0.3, 0.4) is 0 Å². The number of anilines is 1. The average Bonchev–Trinajstić information content (AvgIpc) is 3.64. The molecule has 3 heterocycles. The van der Waals surface area contributed by atoms with Gasteiger partial charge in [-0.25, -0.2) is 15.0 Å². The van der Waals surface area contributed by atoms with Gasteiger partial charge in [-0.3, -0.25) is 9.52 Å². The summed E-state index contributed by atoms with van der Waals surface area (Å²) in [5, 5.41) is -0.760. The van der Waals surface area contributed by atoms with Gasteiger partial charge in [0.15, 0.2) is 5.65 Å². The molecular formula is C27H29N5O3S. The van der Waals surface area contributed by atoms with E-state index in [1.165, 1.54) is 6.20 Å². The van der Waals surface area contributed by atoms with E-state index in [1.807, 2.05) is 31.2 Å². The topological polar surface area (TPSA) is 107 Å². The number of aromatic nitrogens is 4. The Labute approximate surface area is 210 Å². The highest BCUT2D eigenvalue weighted by Gasteiger charge is 2.38. The molecule has 1 aliphatic carbocycles. The molecule has 0 spiro atoms. The third-order valence-corrected chi connectivity index (χ3v) is 7.72. The van der Waals surface area contributed by atoms with E-state index in [0.717, 1.165) is 52.2 Å². The zero-order chi connectivity index (χ0) is 25.4. The summed E-state index contributed by atoms with van der Waals surface area (Å²) < 4.78 is 29.6. The van der Waals surface area contributed by atoms with Gasteiger partial charge in [0.05, 0.1) is 6.54 Å². The van der Waals surface area contributed by atoms with Gasteiger partial charge in [-0.05, 0) is 68.0 Å². The molecule has 9 heteroatoms. The first-order chi connectivity index (χ1) is 17.3. The first-order valence-electron chi connectivity index (χ1n) is 12.2. The van der Waals surface area contributed by atoms with Crippen molar-refractivity contribution >= 4 is 32.1 Å². The standard InChI is InChI=1S/C27H29N5O3S/c1-4-6-23-30-24-17(2)15-18(3)29-26(24)32(23)16-19-8-10-20(11-9-19)22-7-5-14-28-25(22)31-36(34,35)27(33)21-12-13-21/h5,7-11,14-15,21H,4,6,12-13,16H2,1-3H3,(H,28,31). The van der Waals surface area contributed by atoms with Crippen molar-refractivity contribution in [3.05, 3.63) is 71.3 Å². The lowest BCUT2D eigenvalue weighted by Gasteiger charge is -2.12. The SMILES string of the molecule is CCCc1nc2c(C)cc(C)nc2n1Cc1ccc(-c2cccnc2NS(=O)(=O)C(=O)C2CC2)cc1. The van der Waals surface area contributed by atoms with E-state index in [4.69, 9.17) is 9.97 Å². The molecule has 3 aromatic heterocycles. The number of sulfonamides is 1. The van der Waals surface area contributed by atoms with Crippen LogP contribution in [-0.4, -0.2) is 33.1 Å². The summed E-state index contributed by atoms with van der Waals surface area (Å²) in [7, 11) is -4.13. The van der Waals surface area contributed by atoms with Crippen LogP contribution in [-0.2, 0) is 27.8 Å². The molecule has 5 rings (SSSR count). The normalized spacial score (nSPS) is 13.8. The van der Waals surface area contributed by atoms with Crippen molar-refractivity contribution in [2.24, 2.45) is 5.92 Å². The van der Waals surface area contributed by atoms with Gasteiger partial charge in [-0.1, -0.05) is 31.2 Å². The van der Waals surface area contributed by atoms with Gasteiger partial charge in [-0.2, -0.15) is 8.42 Å². The van der Waals surface area contributed by atoms with Crippen molar-refractivity contribution in [3.8, 4) is 11.1 Å². The third-order valence-electron chi connectivity index (χ3n) is 6.39. The number of aryl methyl sites for hydroxylation is 3. The van der Waals surface area contributed by atoms with E-state index in [-0.39, 0.29) is 5.82 Å². The van der Waals surface area contributed by atoms with Gasteiger partial charge in [-0.15, -0.1) is 0 Å². The van der Waals surface area contributed by atoms with Gasteiger partial charge < -0.3 is 4.57 Å². The van der Waals surface area contributed by atoms with Crippen molar-refractivity contribution in [2.45, 2.75) is 53.0 Å². The number of benzene rings is 1. The number of carbonyl (C=O) groups is 1. The zero-order valence-corrected chi connectivity index (χ0v) is 21.5. The predicted octanol–water partition coefficient (Wildman–Crippen LogP) is 4.79. The van der Waals surface area contributed by atoms with E-state index in [2.05, 4.69) is 34.2 Å². The Morgan fingerprint density at radius 2 is 1.86 bits per heavy atom. The number of hydrogen-bond acceptors (Lipinski definition) is 6. The number of imidazole rings is 1. The largest absolute Gasteiger partial charge is 0.308 e. The van der Waals surface area contributed by atoms with E-state index in [0.29, 0.717) is 24.9 Å². The Hall–Kier alpha value is -3.59. The maximum Gasteiger partial charge on any atom is 0.297 e. The number of hydrogen-bond donors (Lipinski definition) is 1. The Balaban J connectivity index is 1.44. The minimum atomic E-state index is -4.13. The van der Waals surface area contributed by atoms with Gasteiger partial charge in [0, 0.05) is 29.8 Å². The molecule has 1 N–H and O–H groups in total. The van der Waals surface area contributed by atoms with Crippen LogP contribution in [0.25, 0.3) is 22.3 Å². The Kier molecular flexibility index (Phi) is 6.34. The second-order valence-electron chi connectivity index (χ2n) is 9.41. The zero-order valence-electron chi connectivity index (χ0n) is 20.7. The lowest BCUT2D eigenvalue weighted by Crippen LogP contribution is -2.25. The summed E-state index contributed by atoms with van der Waals surface area (Å²) >= 11 is 0. The van der Waals surface area contributed by atoms with Crippen molar-refractivity contribution in [2.75, 3.05) is 4.72 Å². The fourth-order valence-electron chi connectivity index (χ4n) is 4.44. The van der Waals surface area contributed by atoms with Crippen LogP contribution in [0.2, 0.25) is 0 Å². The maximum atomic E-state index is 12.5. The van der Waals surface area contributed by atoms with E-state index >= 15 is 0 Å². The molecule has 1 aromatic carbocycles. The molecule has 1 saturated carbocycles. The van der Waals surface area contributed by atoms with Crippen LogP contribution in [0.5, 0.6) is 0 Å². The highest BCUT2D eigenvalue weighted by atomic mass is 32.2. The van der Waals surface area contributed by atoms with Crippen molar-refractivity contribution < 1.29 is 13.2 Å². The van der Waals surface area contributed by atoms with Crippen molar-refractivity contribution in [3.63, 3.8) is 0 Å². The highest BCUT2D eigenvalue weighted by Crippen LogP contribution is 2.33. The molecule has 36 heavy (non-hydrogen) atoms. The fourth-order valence-corrected chi connectivity index (χ4v) is 5.63. The number of nitrogens with one attached hydrogen (secondary N) is 1. The fraction of sp³-hybridized carbons (Fsp3) is 0.333. The maximum absolute atomic E-state index is 12.5. The summed E-state index contributed by atoms with van der Waals surface area (Å²) in [4.78, 5) is 26.1. The minimum Gasteiger partial charge on any atom is -0.308 e. The molecule has 0 radical (unpaired) electrons. The number of rotatable bonds is 8. The monoisotopic (exact) mass is 503 g/mol. The number of carbonyl (C=O) groups excluding carboxylic acids is 1. The second-order valence-corrected chi connectivity index (χ2v) is 11.0. The van der Waals surface area contributed by atoms with Crippen LogP contribution >= 0.6 is 0 Å². The van der Waals surface area contributed by atoms with Crippen LogP contribution in [0, 0.1) is 19.8 Å². The average molecular weight is 504 g/mol. The number of fused-ring (bicyclic) bond motifs is 1. The lowest BCUT2D eigenvalue weighted by atomic mass is 10.0. The molecular weight excluding hydrogens is 474 g/mol. The van der Waals surface area contributed by atoms with E-state index in [1.54, 1.807) is 12.1 Å². The molecule has 1 fully saturated rings. The summed E-state index contributed by atoms with van der Waals surface area (Å²) in [6.07, 6.45) is 4.61. The Morgan fingerprint density at radius 1 is 1.11 bits per heavy atom. The van der Waals surface area contributed by atoms with Gasteiger partial charge in [0.2, 0.25) is 0 Å². The summed E-state index contributed by atoms with van der Waals surface area (Å²) in [5.41, 5.74) is 6.41. The molecule has 4 aromatic rings. The van der Waals surface area contributed by atoms with Crippen LogP contribution in [0.4, 0.5) is 5.82 Å². The Morgan fingerprint density at radius 3 is 2.56 bits per heavy atom. The predicted molar refractivity (Wildman–Crippen MR) is 140 cm³/mol. The molecule has 0 atom stereocenters. The third kappa shape index (κ3) is 4.75. The molecule has 0 aliphatic heterocycles. The van der Waals surface area contributed by atoms with Crippen molar-refractivity contribution in [1.82, 2.24) is 19.5 Å². The van der Waals surface area contributed by atoms with Crippen LogP contribution in [0.1, 0.15) is 48.8 Å². The summed E-state index contributed by atoms with van der Waals surface area (Å²) in [6, 6.07) is 13.5. The van der Waals surface area contributed by atoms with E-state index in [9.17, 15) is 13.2 Å². The van der Waals surface area contributed by atoms with Gasteiger partial charge in [0.25, 0.3) is 15.1 Å². The summed E-state index contributed by atoms with van der Waals surface area (Å²) in [6.45, 7) is 6.83. The second kappa shape index (κ2) is 9.46. The Bertz CT molecular complexity index is 1550. The lowest BCUT2D eigenvalue weighted by molar-refractivity contribution is -0.112. The molecule has 8 nitrogen and oxygen atoms in total. The number of pyridine rings is 2. The highest BCUT2D eigenvalue weighted by molar-refractivity contribution is 8.07. The quantitative estimate of drug-likeness (QED) is 0.371. The molecule has 0 unspecified atom stereocenters. The molecule has 186 valence electrons. The minimum absolute atomic E-state index is 0.153. The van der Waals surface area contributed by atoms with Crippen LogP contribution in [0.15, 0.2) is 48.7 Å². The molecule has 0 bridgehead atoms. The van der Waals surface area contributed by atoms with Gasteiger partial charge >= 0.3 is 0 Å². The van der Waals surface area contributed by atoms with Crippen molar-refractivity contribution in [1.29, 1.82) is 0 Å². The van der Waals surface area contributed by atoms with Crippen LogP contribution < -0.4 is 4.72 Å². The molecule has 1 aliphatic rings. The molecule has 0 amide bonds. The van der Waals surface area contributed by atoms with E-state index < -0.39 is 21.1 Å². The first-order valence-corrected chi connectivity index (χ1v) is 13.7. The smallest absolute Gasteiger partial charge is 0.297 e. The first kappa shape index (κ1) is 24.1. The summed E-state index contributed by atoms with van der Waals surface area (Å²) in [5.74, 6) is 0.773. The van der Waals surface area contributed by atoms with Gasteiger partial charge in [0.1, 0.15) is 17.2 Å².